The molecule has 2 heterocycles. The first-order chi connectivity index (χ1) is 13.7. The van der Waals surface area contributed by atoms with E-state index in [1.165, 1.54) is 4.90 Å². The Morgan fingerprint density at radius 2 is 1.39 bits per heavy atom. The number of aromatic nitrogens is 4. The molecule has 0 saturated carbocycles. The summed E-state index contributed by atoms with van der Waals surface area (Å²) in [5.41, 5.74) is 0.591. The van der Waals surface area contributed by atoms with Crippen molar-refractivity contribution in [1.82, 2.24) is 19.1 Å². The Morgan fingerprint density at radius 1 is 0.821 bits per heavy atom. The van der Waals surface area contributed by atoms with Crippen LogP contribution >= 0.6 is 23.5 Å². The Labute approximate surface area is 172 Å². The predicted octanol–water partition coefficient (Wildman–Crippen LogP) is 4.96. The van der Waals surface area contributed by atoms with Gasteiger partial charge in [0.25, 0.3) is 0 Å². The van der Waals surface area contributed by atoms with Crippen molar-refractivity contribution in [2.75, 3.05) is 0 Å². The van der Waals surface area contributed by atoms with Crippen LogP contribution < -0.4 is 0 Å². The number of rotatable bonds is 5. The maximum Gasteiger partial charge on any atom is 0.173 e. The molecule has 0 fully saturated rings. The van der Waals surface area contributed by atoms with E-state index in [0.29, 0.717) is 5.69 Å². The van der Waals surface area contributed by atoms with Crippen LogP contribution in [-0.2, 0) is 14.1 Å². The molecular formula is C21H20N4OS2. The second kappa shape index (κ2) is 9.96. The molecule has 0 spiro atoms. The van der Waals surface area contributed by atoms with Crippen molar-refractivity contribution in [3.63, 3.8) is 0 Å². The van der Waals surface area contributed by atoms with E-state index >= 15 is 0 Å². The lowest BCUT2D eigenvalue weighted by Crippen LogP contribution is -1.95. The number of hydrogen-bond acceptors (Lipinski definition) is 5. The molecule has 0 atom stereocenters. The zero-order chi connectivity index (χ0) is 19.8. The molecule has 0 aliphatic carbocycles. The number of benzene rings is 2. The van der Waals surface area contributed by atoms with Gasteiger partial charge >= 0.3 is 0 Å². The molecular weight excluding hydrogens is 388 g/mol. The van der Waals surface area contributed by atoms with E-state index in [2.05, 4.69) is 22.1 Å². The minimum atomic E-state index is 0.591. The smallest absolute Gasteiger partial charge is 0.173 e. The van der Waals surface area contributed by atoms with E-state index in [9.17, 15) is 4.79 Å². The third-order valence-electron chi connectivity index (χ3n) is 3.78. The fourth-order valence-corrected chi connectivity index (χ4v) is 3.92. The number of carbonyl (C=O) groups is 1. The molecule has 0 bridgehead atoms. The minimum Gasteiger partial charge on any atom is -0.329 e. The lowest BCUT2D eigenvalue weighted by Gasteiger charge is -2.01. The first-order valence-electron chi connectivity index (χ1n) is 8.57. The fourth-order valence-electron chi connectivity index (χ4n) is 2.25. The normalized spacial score (nSPS) is 10.2. The van der Waals surface area contributed by atoms with Gasteiger partial charge in [0.1, 0.15) is 5.69 Å². The van der Waals surface area contributed by atoms with Crippen molar-refractivity contribution < 1.29 is 4.79 Å². The van der Waals surface area contributed by atoms with Crippen LogP contribution in [0.2, 0.25) is 0 Å². The molecule has 0 aliphatic heterocycles. The molecule has 0 N–H and O–H groups in total. The van der Waals surface area contributed by atoms with Crippen LogP contribution in [0.3, 0.4) is 0 Å². The largest absolute Gasteiger partial charge is 0.329 e. The molecule has 0 radical (unpaired) electrons. The lowest BCUT2D eigenvalue weighted by atomic mass is 10.4. The second-order valence-corrected chi connectivity index (χ2v) is 7.87. The molecule has 5 nitrogen and oxygen atoms in total. The van der Waals surface area contributed by atoms with E-state index in [1.54, 1.807) is 34.3 Å². The van der Waals surface area contributed by atoms with Crippen molar-refractivity contribution >= 4 is 29.8 Å². The van der Waals surface area contributed by atoms with Crippen LogP contribution in [0, 0.1) is 0 Å². The Hall–Kier alpha value is -2.77. The van der Waals surface area contributed by atoms with Crippen molar-refractivity contribution in [1.29, 1.82) is 0 Å². The molecule has 2 aromatic carbocycles. The van der Waals surface area contributed by atoms with Gasteiger partial charge in [-0.25, -0.2) is 9.97 Å². The summed E-state index contributed by atoms with van der Waals surface area (Å²) in [6, 6.07) is 20.2. The summed E-state index contributed by atoms with van der Waals surface area (Å²) < 4.78 is 3.79. The summed E-state index contributed by atoms with van der Waals surface area (Å²) in [6.45, 7) is 0. The molecule has 142 valence electrons. The van der Waals surface area contributed by atoms with Gasteiger partial charge in [-0.3, -0.25) is 4.79 Å². The molecule has 28 heavy (non-hydrogen) atoms. The first kappa shape index (κ1) is 20.0. The average molecular weight is 409 g/mol. The quantitative estimate of drug-likeness (QED) is 0.437. The van der Waals surface area contributed by atoms with E-state index in [0.717, 1.165) is 21.5 Å². The van der Waals surface area contributed by atoms with Gasteiger partial charge in [0.2, 0.25) is 0 Å². The average Bonchev–Trinajstić information content (AvgIpc) is 3.29. The number of aldehydes is 1. The molecule has 4 rings (SSSR count). The highest BCUT2D eigenvalue weighted by Crippen LogP contribution is 2.26. The standard InChI is InChI=1S/C11H10N2OS.C10H10N2S/c1-13-9(8-14)7-12-11(13)15-10-5-3-2-4-6-10;1-12-8-7-11-10(12)13-9-5-3-2-4-6-9/h2-8H,1H3;2-8H,1H3. The zero-order valence-electron chi connectivity index (χ0n) is 15.6. The number of carbonyl (C=O) groups excluding carboxylic acids is 1. The maximum atomic E-state index is 10.6. The van der Waals surface area contributed by atoms with Crippen LogP contribution in [0.15, 0.2) is 99.4 Å². The Morgan fingerprint density at radius 3 is 1.86 bits per heavy atom. The van der Waals surface area contributed by atoms with Crippen LogP contribution in [0.25, 0.3) is 0 Å². The molecule has 2 aromatic heterocycles. The van der Waals surface area contributed by atoms with Crippen LogP contribution in [0.1, 0.15) is 10.5 Å². The predicted molar refractivity (Wildman–Crippen MR) is 113 cm³/mol. The summed E-state index contributed by atoms with van der Waals surface area (Å²) in [6.07, 6.45) is 6.15. The van der Waals surface area contributed by atoms with Crippen molar-refractivity contribution in [2.45, 2.75) is 20.1 Å². The highest BCUT2D eigenvalue weighted by atomic mass is 32.2. The van der Waals surface area contributed by atoms with Gasteiger partial charge in [-0.1, -0.05) is 59.9 Å². The summed E-state index contributed by atoms with van der Waals surface area (Å²) in [4.78, 5) is 21.4. The molecule has 0 amide bonds. The number of nitrogens with zero attached hydrogens (tertiary/aromatic N) is 4. The van der Waals surface area contributed by atoms with Crippen LogP contribution in [0.5, 0.6) is 0 Å². The van der Waals surface area contributed by atoms with Crippen LogP contribution in [-0.4, -0.2) is 25.4 Å². The highest BCUT2D eigenvalue weighted by molar-refractivity contribution is 7.99. The van der Waals surface area contributed by atoms with E-state index < -0.39 is 0 Å². The van der Waals surface area contributed by atoms with Crippen molar-refractivity contribution in [3.05, 3.63) is 84.9 Å². The highest BCUT2D eigenvalue weighted by Gasteiger charge is 2.06. The Balaban J connectivity index is 0.000000162. The topological polar surface area (TPSA) is 52.7 Å². The number of hydrogen-bond donors (Lipinski definition) is 0. The maximum absolute atomic E-state index is 10.6. The molecule has 0 saturated heterocycles. The third-order valence-corrected chi connectivity index (χ3v) is 5.94. The van der Waals surface area contributed by atoms with Gasteiger partial charge in [-0.15, -0.1) is 0 Å². The van der Waals surface area contributed by atoms with E-state index in [1.807, 2.05) is 79.6 Å². The van der Waals surface area contributed by atoms with Crippen LogP contribution in [0.4, 0.5) is 0 Å². The monoisotopic (exact) mass is 408 g/mol. The first-order valence-corrected chi connectivity index (χ1v) is 10.2. The summed E-state index contributed by atoms with van der Waals surface area (Å²) in [5.74, 6) is 0. The Bertz CT molecular complexity index is 1010. The summed E-state index contributed by atoms with van der Waals surface area (Å²) >= 11 is 3.22. The van der Waals surface area contributed by atoms with E-state index in [4.69, 9.17) is 0 Å². The van der Waals surface area contributed by atoms with Crippen molar-refractivity contribution in [3.8, 4) is 0 Å². The molecule has 4 aromatic rings. The van der Waals surface area contributed by atoms with Gasteiger partial charge in [0, 0.05) is 36.3 Å². The third kappa shape index (κ3) is 5.37. The SMILES string of the molecule is Cn1c(C=O)cnc1Sc1ccccc1.Cn1ccnc1Sc1ccccc1. The molecule has 0 aliphatic rings. The van der Waals surface area contributed by atoms with Gasteiger partial charge in [-0.2, -0.15) is 0 Å². The van der Waals surface area contributed by atoms with Gasteiger partial charge in [0.05, 0.1) is 6.20 Å². The Kier molecular flexibility index (Phi) is 7.11. The number of imidazole rings is 2. The second-order valence-electron chi connectivity index (χ2n) is 5.79. The zero-order valence-corrected chi connectivity index (χ0v) is 17.2. The van der Waals surface area contributed by atoms with E-state index in [-0.39, 0.29) is 0 Å². The van der Waals surface area contributed by atoms with Gasteiger partial charge in [0.15, 0.2) is 16.6 Å². The number of aryl methyl sites for hydroxylation is 1. The van der Waals surface area contributed by atoms with Gasteiger partial charge < -0.3 is 9.13 Å². The molecule has 0 unspecified atom stereocenters. The lowest BCUT2D eigenvalue weighted by molar-refractivity contribution is 0.111. The van der Waals surface area contributed by atoms with Crippen molar-refractivity contribution in [2.24, 2.45) is 14.1 Å². The summed E-state index contributed by atoms with van der Waals surface area (Å²) in [7, 11) is 3.83. The fraction of sp³-hybridized carbons (Fsp3) is 0.0952. The minimum absolute atomic E-state index is 0.591. The summed E-state index contributed by atoms with van der Waals surface area (Å²) in [5, 5.41) is 1.84. The molecule has 7 heteroatoms. The van der Waals surface area contributed by atoms with Gasteiger partial charge in [-0.05, 0) is 24.3 Å².